The number of ketones is 1. The van der Waals surface area contributed by atoms with Crippen molar-refractivity contribution in [2.24, 2.45) is 11.8 Å². The number of carbonyl (C=O) groups excluding carboxylic acids is 2. The van der Waals surface area contributed by atoms with Crippen LogP contribution < -0.4 is 0 Å². The Kier molecular flexibility index (Phi) is 5.40. The first kappa shape index (κ1) is 15.3. The van der Waals surface area contributed by atoms with Crippen molar-refractivity contribution in [3.8, 4) is 0 Å². The molecule has 1 aliphatic carbocycles. The predicted octanol–water partition coefficient (Wildman–Crippen LogP) is 1.77. The molecule has 5 heteroatoms. The van der Waals surface area contributed by atoms with Crippen LogP contribution in [0.15, 0.2) is 0 Å². The van der Waals surface area contributed by atoms with Crippen LogP contribution in [0, 0.1) is 11.8 Å². The van der Waals surface area contributed by atoms with Crippen molar-refractivity contribution in [1.29, 1.82) is 0 Å². The molecule has 2 aliphatic rings. The molecule has 0 N–H and O–H groups in total. The van der Waals surface area contributed by atoms with Crippen LogP contribution in [0.1, 0.15) is 32.6 Å². The van der Waals surface area contributed by atoms with Gasteiger partial charge in [0, 0.05) is 32.1 Å². The standard InChI is InChI=1S/C15H26N2O3/c1-12(18)14-5-3-13(4-6-14)11-20-15(19)17-9-7-16(2)8-10-17/h13-14H,3-11H2,1-2H3/t13-,14+. The van der Waals surface area contributed by atoms with Gasteiger partial charge in [0.25, 0.3) is 0 Å². The van der Waals surface area contributed by atoms with Crippen LogP contribution in [0.5, 0.6) is 0 Å². The minimum absolute atomic E-state index is 0.174. The molecule has 0 bridgehead atoms. The molecular formula is C15H26N2O3. The molecule has 1 saturated carbocycles. The third-order valence-corrected chi connectivity index (χ3v) is 4.63. The summed E-state index contributed by atoms with van der Waals surface area (Å²) in [5.74, 6) is 0.972. The number of ether oxygens (including phenoxy) is 1. The summed E-state index contributed by atoms with van der Waals surface area (Å²) in [6.07, 6.45) is 3.73. The highest BCUT2D eigenvalue weighted by atomic mass is 16.6. The minimum Gasteiger partial charge on any atom is -0.449 e. The maximum absolute atomic E-state index is 12.0. The summed E-state index contributed by atoms with van der Waals surface area (Å²) in [6.45, 7) is 5.53. The van der Waals surface area contributed by atoms with Gasteiger partial charge in [0.2, 0.25) is 0 Å². The van der Waals surface area contributed by atoms with Crippen molar-refractivity contribution in [3.05, 3.63) is 0 Å². The molecule has 1 aliphatic heterocycles. The Morgan fingerprint density at radius 1 is 1.05 bits per heavy atom. The van der Waals surface area contributed by atoms with Gasteiger partial charge in [0.05, 0.1) is 6.61 Å². The van der Waals surface area contributed by atoms with Crippen LogP contribution in [-0.2, 0) is 9.53 Å². The first-order valence-electron chi connectivity index (χ1n) is 7.67. The van der Waals surface area contributed by atoms with Gasteiger partial charge in [-0.3, -0.25) is 4.79 Å². The maximum Gasteiger partial charge on any atom is 0.409 e. The molecule has 5 nitrogen and oxygen atoms in total. The summed E-state index contributed by atoms with van der Waals surface area (Å²) >= 11 is 0. The van der Waals surface area contributed by atoms with Gasteiger partial charge >= 0.3 is 6.09 Å². The Bertz CT molecular complexity index is 343. The molecule has 2 fully saturated rings. The van der Waals surface area contributed by atoms with Crippen LogP contribution in [0.3, 0.4) is 0 Å². The Labute approximate surface area is 121 Å². The molecule has 2 rings (SSSR count). The summed E-state index contributed by atoms with van der Waals surface area (Å²) in [7, 11) is 2.07. The molecule has 0 unspecified atom stereocenters. The number of amides is 1. The van der Waals surface area contributed by atoms with Gasteiger partial charge in [0.1, 0.15) is 5.78 Å². The number of hydrogen-bond donors (Lipinski definition) is 0. The van der Waals surface area contributed by atoms with E-state index in [1.807, 2.05) is 0 Å². The minimum atomic E-state index is -0.174. The molecule has 1 heterocycles. The molecule has 20 heavy (non-hydrogen) atoms. The quantitative estimate of drug-likeness (QED) is 0.791. The van der Waals surface area contributed by atoms with Crippen molar-refractivity contribution in [3.63, 3.8) is 0 Å². The Balaban J connectivity index is 1.65. The van der Waals surface area contributed by atoms with Crippen LogP contribution in [0.25, 0.3) is 0 Å². The second kappa shape index (κ2) is 7.07. The fourth-order valence-electron chi connectivity index (χ4n) is 3.01. The zero-order chi connectivity index (χ0) is 14.5. The number of carbonyl (C=O) groups is 2. The zero-order valence-electron chi connectivity index (χ0n) is 12.6. The number of piperazine rings is 1. The summed E-state index contributed by atoms with van der Waals surface area (Å²) in [5, 5.41) is 0. The van der Waals surface area contributed by atoms with E-state index in [4.69, 9.17) is 4.74 Å². The van der Waals surface area contributed by atoms with E-state index in [0.717, 1.165) is 51.9 Å². The lowest BCUT2D eigenvalue weighted by molar-refractivity contribution is -0.122. The van der Waals surface area contributed by atoms with Gasteiger partial charge in [-0.05, 0) is 45.6 Å². The van der Waals surface area contributed by atoms with E-state index in [2.05, 4.69) is 11.9 Å². The van der Waals surface area contributed by atoms with E-state index in [-0.39, 0.29) is 12.0 Å². The largest absolute Gasteiger partial charge is 0.449 e. The molecular weight excluding hydrogens is 256 g/mol. The molecule has 0 atom stereocenters. The van der Waals surface area contributed by atoms with Crippen LogP contribution >= 0.6 is 0 Å². The first-order valence-corrected chi connectivity index (χ1v) is 7.67. The van der Waals surface area contributed by atoms with Crippen LogP contribution in [-0.4, -0.2) is 61.5 Å². The second-order valence-corrected chi connectivity index (χ2v) is 6.20. The van der Waals surface area contributed by atoms with Crippen molar-refractivity contribution in [2.75, 3.05) is 39.8 Å². The van der Waals surface area contributed by atoms with Crippen molar-refractivity contribution in [1.82, 2.24) is 9.80 Å². The second-order valence-electron chi connectivity index (χ2n) is 6.20. The lowest BCUT2D eigenvalue weighted by Gasteiger charge is -2.32. The van der Waals surface area contributed by atoms with E-state index >= 15 is 0 Å². The Hall–Kier alpha value is -1.10. The zero-order valence-corrected chi connectivity index (χ0v) is 12.6. The summed E-state index contributed by atoms with van der Waals surface area (Å²) < 4.78 is 5.44. The summed E-state index contributed by atoms with van der Waals surface area (Å²) in [4.78, 5) is 27.3. The van der Waals surface area contributed by atoms with E-state index in [9.17, 15) is 9.59 Å². The lowest BCUT2D eigenvalue weighted by Crippen LogP contribution is -2.47. The maximum atomic E-state index is 12.0. The lowest BCUT2D eigenvalue weighted by atomic mass is 9.81. The molecule has 1 saturated heterocycles. The van der Waals surface area contributed by atoms with Gasteiger partial charge in [0.15, 0.2) is 0 Å². The third-order valence-electron chi connectivity index (χ3n) is 4.63. The molecule has 1 amide bonds. The molecule has 0 aromatic carbocycles. The highest BCUT2D eigenvalue weighted by Crippen LogP contribution is 2.29. The average Bonchev–Trinajstić information content (AvgIpc) is 2.46. The Morgan fingerprint density at radius 3 is 2.20 bits per heavy atom. The van der Waals surface area contributed by atoms with Gasteiger partial charge < -0.3 is 14.5 Å². The number of Topliss-reactive ketones (excluding diaryl/α,β-unsaturated/α-hetero) is 1. The molecule has 0 aromatic rings. The van der Waals surface area contributed by atoms with E-state index in [1.165, 1.54) is 0 Å². The number of rotatable bonds is 3. The predicted molar refractivity (Wildman–Crippen MR) is 76.5 cm³/mol. The normalized spacial score (nSPS) is 28.2. The topological polar surface area (TPSA) is 49.9 Å². The Morgan fingerprint density at radius 2 is 1.65 bits per heavy atom. The molecule has 0 aromatic heterocycles. The van der Waals surface area contributed by atoms with Gasteiger partial charge in [-0.15, -0.1) is 0 Å². The fraction of sp³-hybridized carbons (Fsp3) is 0.867. The van der Waals surface area contributed by atoms with Crippen LogP contribution in [0.2, 0.25) is 0 Å². The summed E-state index contributed by atoms with van der Waals surface area (Å²) in [5.41, 5.74) is 0. The van der Waals surface area contributed by atoms with Crippen molar-refractivity contribution >= 4 is 11.9 Å². The SMILES string of the molecule is CC(=O)[C@H]1CC[C@@H](COC(=O)N2CCN(C)CC2)CC1. The summed E-state index contributed by atoms with van der Waals surface area (Å²) in [6, 6.07) is 0. The highest BCUT2D eigenvalue weighted by Gasteiger charge is 2.26. The van der Waals surface area contributed by atoms with Crippen molar-refractivity contribution < 1.29 is 14.3 Å². The number of hydrogen-bond acceptors (Lipinski definition) is 4. The van der Waals surface area contributed by atoms with E-state index < -0.39 is 0 Å². The number of likely N-dealkylation sites (N-methyl/N-ethyl adjacent to an activating group) is 1. The van der Waals surface area contributed by atoms with Crippen LogP contribution in [0.4, 0.5) is 4.79 Å². The monoisotopic (exact) mass is 282 g/mol. The van der Waals surface area contributed by atoms with Crippen molar-refractivity contribution in [2.45, 2.75) is 32.6 Å². The first-order chi connectivity index (χ1) is 9.56. The van der Waals surface area contributed by atoms with Gasteiger partial charge in [-0.25, -0.2) is 4.79 Å². The van der Waals surface area contributed by atoms with E-state index in [1.54, 1.807) is 11.8 Å². The molecule has 0 radical (unpaired) electrons. The fourth-order valence-corrected chi connectivity index (χ4v) is 3.01. The highest BCUT2D eigenvalue weighted by molar-refractivity contribution is 5.78. The average molecular weight is 282 g/mol. The number of nitrogens with zero attached hydrogens (tertiary/aromatic N) is 2. The third kappa shape index (κ3) is 4.20. The smallest absolute Gasteiger partial charge is 0.409 e. The molecule has 114 valence electrons. The van der Waals surface area contributed by atoms with Gasteiger partial charge in [-0.1, -0.05) is 0 Å². The molecule has 0 spiro atoms. The van der Waals surface area contributed by atoms with E-state index in [0.29, 0.717) is 18.3 Å². The van der Waals surface area contributed by atoms with Gasteiger partial charge in [-0.2, -0.15) is 0 Å².